The molecule has 148 valence electrons. The largest absolute Gasteiger partial charge is 0.341 e. The van der Waals surface area contributed by atoms with E-state index in [1.165, 1.54) is 50.0 Å². The fourth-order valence-corrected chi connectivity index (χ4v) is 4.35. The van der Waals surface area contributed by atoms with Crippen LogP contribution < -0.4 is 4.90 Å². The van der Waals surface area contributed by atoms with E-state index >= 15 is 0 Å². The van der Waals surface area contributed by atoms with E-state index in [2.05, 4.69) is 121 Å². The molecule has 30 heavy (non-hydrogen) atoms. The van der Waals surface area contributed by atoms with Gasteiger partial charge in [-0.05, 0) is 63.2 Å². The summed E-state index contributed by atoms with van der Waals surface area (Å²) in [5, 5.41) is 2.63. The highest BCUT2D eigenvalue weighted by Gasteiger charge is 2.15. The second-order valence-corrected chi connectivity index (χ2v) is 7.97. The molecule has 5 rings (SSSR count). The lowest BCUT2D eigenvalue weighted by atomic mass is 10.1. The first-order valence-electron chi connectivity index (χ1n) is 10.6. The average Bonchev–Trinajstić information content (AvgIpc) is 3.09. The number of aromatic nitrogens is 1. The van der Waals surface area contributed by atoms with Crippen molar-refractivity contribution in [1.29, 1.82) is 0 Å². The van der Waals surface area contributed by atoms with Gasteiger partial charge in [0.25, 0.3) is 0 Å². The third-order valence-corrected chi connectivity index (χ3v) is 5.92. The minimum absolute atomic E-state index is 0.947. The normalized spacial score (nSPS) is 11.3. The van der Waals surface area contributed by atoms with Crippen LogP contribution in [0.3, 0.4) is 0 Å². The van der Waals surface area contributed by atoms with Crippen molar-refractivity contribution in [2.75, 3.05) is 4.90 Å². The van der Waals surface area contributed by atoms with Gasteiger partial charge in [-0.25, -0.2) is 0 Å². The van der Waals surface area contributed by atoms with Crippen LogP contribution in [0.25, 0.3) is 21.8 Å². The van der Waals surface area contributed by atoms with Crippen molar-refractivity contribution in [3.8, 4) is 0 Å². The molecule has 0 amide bonds. The lowest BCUT2D eigenvalue weighted by Crippen LogP contribution is -2.10. The third kappa shape index (κ3) is 3.05. The molecule has 5 aromatic rings. The molecule has 1 heterocycles. The number of hydrogen-bond acceptors (Lipinski definition) is 1. The fraction of sp³-hybridized carbons (Fsp3) is 0.143. The van der Waals surface area contributed by atoms with Crippen LogP contribution >= 0.6 is 0 Å². The van der Waals surface area contributed by atoms with Crippen molar-refractivity contribution in [1.82, 2.24) is 4.57 Å². The number of aryl methyl sites for hydroxylation is 3. The van der Waals surface area contributed by atoms with Gasteiger partial charge in [0.05, 0.1) is 5.52 Å². The minimum Gasteiger partial charge on any atom is -0.341 e. The SMILES string of the molecule is CCn1c2ccccc2c2ccc(N(c3ccc(C)cc3)c3ccc(C)cc3)cc21. The molecule has 0 saturated carbocycles. The van der Waals surface area contributed by atoms with Gasteiger partial charge in [-0.1, -0.05) is 59.7 Å². The summed E-state index contributed by atoms with van der Waals surface area (Å²) in [6.45, 7) is 7.43. The lowest BCUT2D eigenvalue weighted by molar-refractivity contribution is 0.827. The molecule has 0 atom stereocenters. The molecular weight excluding hydrogens is 364 g/mol. The molecule has 0 aliphatic rings. The predicted molar refractivity (Wildman–Crippen MR) is 129 cm³/mol. The molecule has 0 unspecified atom stereocenters. The van der Waals surface area contributed by atoms with Crippen molar-refractivity contribution in [2.45, 2.75) is 27.3 Å². The van der Waals surface area contributed by atoms with Gasteiger partial charge in [-0.15, -0.1) is 0 Å². The van der Waals surface area contributed by atoms with Crippen LogP contribution in [-0.4, -0.2) is 4.57 Å². The number of fused-ring (bicyclic) bond motifs is 3. The smallest absolute Gasteiger partial charge is 0.0512 e. The molecular formula is C28H26N2. The molecule has 0 fully saturated rings. The van der Waals surface area contributed by atoms with Crippen LogP contribution in [0.15, 0.2) is 91.0 Å². The van der Waals surface area contributed by atoms with Crippen molar-refractivity contribution in [3.05, 3.63) is 102 Å². The Kier molecular flexibility index (Phi) is 4.55. The average molecular weight is 391 g/mol. The van der Waals surface area contributed by atoms with Crippen LogP contribution in [0.2, 0.25) is 0 Å². The highest BCUT2D eigenvalue weighted by atomic mass is 15.1. The van der Waals surface area contributed by atoms with Gasteiger partial charge < -0.3 is 9.47 Å². The molecule has 4 aromatic carbocycles. The Morgan fingerprint density at radius 1 is 0.600 bits per heavy atom. The number of anilines is 3. The minimum atomic E-state index is 0.947. The molecule has 2 nitrogen and oxygen atoms in total. The molecule has 2 heteroatoms. The Labute approximate surface area is 178 Å². The Morgan fingerprint density at radius 2 is 1.13 bits per heavy atom. The van der Waals surface area contributed by atoms with E-state index in [1.807, 2.05) is 0 Å². The van der Waals surface area contributed by atoms with Gasteiger partial charge in [0.2, 0.25) is 0 Å². The van der Waals surface area contributed by atoms with E-state index in [1.54, 1.807) is 0 Å². The van der Waals surface area contributed by atoms with Crippen molar-refractivity contribution in [3.63, 3.8) is 0 Å². The highest BCUT2D eigenvalue weighted by Crippen LogP contribution is 2.38. The fourth-order valence-electron chi connectivity index (χ4n) is 4.35. The maximum absolute atomic E-state index is 2.41. The molecule has 0 N–H and O–H groups in total. The summed E-state index contributed by atoms with van der Waals surface area (Å²) in [6.07, 6.45) is 0. The molecule has 0 aliphatic carbocycles. The number of para-hydroxylation sites is 1. The first-order chi connectivity index (χ1) is 14.7. The summed E-state index contributed by atoms with van der Waals surface area (Å²) < 4.78 is 2.41. The summed E-state index contributed by atoms with van der Waals surface area (Å²) in [7, 11) is 0. The number of rotatable bonds is 4. The quantitative estimate of drug-likeness (QED) is 0.303. The molecule has 0 bridgehead atoms. The van der Waals surface area contributed by atoms with Gasteiger partial charge in [-0.2, -0.15) is 0 Å². The maximum Gasteiger partial charge on any atom is 0.0512 e. The van der Waals surface area contributed by atoms with Gasteiger partial charge in [0.1, 0.15) is 0 Å². The zero-order valence-corrected chi connectivity index (χ0v) is 17.8. The number of hydrogen-bond donors (Lipinski definition) is 0. The lowest BCUT2D eigenvalue weighted by Gasteiger charge is -2.26. The summed E-state index contributed by atoms with van der Waals surface area (Å²) in [4.78, 5) is 2.34. The highest BCUT2D eigenvalue weighted by molar-refractivity contribution is 6.09. The van der Waals surface area contributed by atoms with E-state index in [4.69, 9.17) is 0 Å². The van der Waals surface area contributed by atoms with Gasteiger partial charge >= 0.3 is 0 Å². The Hall–Kier alpha value is -3.52. The molecule has 0 saturated heterocycles. The Balaban J connectivity index is 1.75. The van der Waals surface area contributed by atoms with Crippen molar-refractivity contribution in [2.24, 2.45) is 0 Å². The second-order valence-electron chi connectivity index (χ2n) is 7.97. The van der Waals surface area contributed by atoms with E-state index < -0.39 is 0 Å². The van der Waals surface area contributed by atoms with E-state index in [0.29, 0.717) is 0 Å². The third-order valence-electron chi connectivity index (χ3n) is 5.92. The topological polar surface area (TPSA) is 8.17 Å². The summed E-state index contributed by atoms with van der Waals surface area (Å²) in [6, 6.07) is 33.1. The van der Waals surface area contributed by atoms with Gasteiger partial charge in [0.15, 0.2) is 0 Å². The predicted octanol–water partition coefficient (Wildman–Crippen LogP) is 7.90. The number of nitrogens with zero attached hydrogens (tertiary/aromatic N) is 2. The monoisotopic (exact) mass is 390 g/mol. The van der Waals surface area contributed by atoms with E-state index in [0.717, 1.165) is 6.54 Å². The van der Waals surface area contributed by atoms with Gasteiger partial charge in [0, 0.05) is 39.9 Å². The maximum atomic E-state index is 2.41. The van der Waals surface area contributed by atoms with Crippen molar-refractivity contribution < 1.29 is 0 Å². The zero-order valence-electron chi connectivity index (χ0n) is 17.8. The zero-order chi connectivity index (χ0) is 20.7. The summed E-state index contributed by atoms with van der Waals surface area (Å²) in [5.41, 5.74) is 8.62. The molecule has 0 spiro atoms. The standard InChI is InChI=1S/C28H26N2/c1-4-29-27-8-6-5-7-25(27)26-18-17-24(19-28(26)29)30(22-13-9-20(2)10-14-22)23-15-11-21(3)12-16-23/h5-19H,4H2,1-3H3. The van der Waals surface area contributed by atoms with E-state index in [9.17, 15) is 0 Å². The first-order valence-corrected chi connectivity index (χ1v) is 10.6. The van der Waals surface area contributed by atoms with Gasteiger partial charge in [-0.3, -0.25) is 0 Å². The van der Waals surface area contributed by atoms with E-state index in [-0.39, 0.29) is 0 Å². The molecule has 0 aliphatic heterocycles. The van der Waals surface area contributed by atoms with Crippen LogP contribution in [0.5, 0.6) is 0 Å². The first kappa shape index (κ1) is 18.5. The van der Waals surface area contributed by atoms with Crippen LogP contribution in [0, 0.1) is 13.8 Å². The molecule has 1 aromatic heterocycles. The molecule has 0 radical (unpaired) electrons. The van der Waals surface area contributed by atoms with Crippen LogP contribution in [0.1, 0.15) is 18.1 Å². The Morgan fingerprint density at radius 3 is 1.73 bits per heavy atom. The van der Waals surface area contributed by atoms with Crippen molar-refractivity contribution >= 4 is 38.9 Å². The second kappa shape index (κ2) is 7.38. The summed E-state index contributed by atoms with van der Waals surface area (Å²) in [5.74, 6) is 0. The Bertz CT molecular complexity index is 1280. The van der Waals surface area contributed by atoms with Crippen LogP contribution in [-0.2, 0) is 6.54 Å². The van der Waals surface area contributed by atoms with Crippen LogP contribution in [0.4, 0.5) is 17.1 Å². The number of benzene rings is 4. The summed E-state index contributed by atoms with van der Waals surface area (Å²) >= 11 is 0.